The van der Waals surface area contributed by atoms with Crippen molar-refractivity contribution in [3.05, 3.63) is 95.6 Å². The molecule has 2 atom stereocenters. The Morgan fingerprint density at radius 2 is 1.78 bits per heavy atom. The van der Waals surface area contributed by atoms with Gasteiger partial charge in [0, 0.05) is 49.4 Å². The third-order valence-electron chi connectivity index (χ3n) is 7.05. The van der Waals surface area contributed by atoms with Gasteiger partial charge >= 0.3 is 0 Å². The van der Waals surface area contributed by atoms with E-state index in [2.05, 4.69) is 22.0 Å². The van der Waals surface area contributed by atoms with Crippen molar-refractivity contribution in [2.75, 3.05) is 13.1 Å². The molecule has 3 aromatic rings. The second-order valence-electron chi connectivity index (χ2n) is 9.15. The molecule has 2 bridgehead atoms. The Morgan fingerprint density at radius 3 is 2.50 bits per heavy atom. The number of piperidine rings is 1. The fraction of sp³-hybridized carbons (Fsp3) is 0.370. The van der Waals surface area contributed by atoms with E-state index in [4.69, 9.17) is 4.74 Å². The number of pyridine rings is 1. The lowest BCUT2D eigenvalue weighted by Crippen LogP contribution is -2.57. The summed E-state index contributed by atoms with van der Waals surface area (Å²) in [7, 11) is 0. The topological polar surface area (TPSA) is 45.6 Å². The van der Waals surface area contributed by atoms with E-state index >= 15 is 0 Å². The van der Waals surface area contributed by atoms with E-state index in [0.29, 0.717) is 6.61 Å². The van der Waals surface area contributed by atoms with Gasteiger partial charge in [-0.05, 0) is 54.3 Å². The molecule has 0 radical (unpaired) electrons. The van der Waals surface area contributed by atoms with Gasteiger partial charge in [-0.25, -0.2) is 4.39 Å². The molecular formula is C27H29FN2O2. The van der Waals surface area contributed by atoms with Gasteiger partial charge in [0.2, 0.25) is 0 Å². The number of hydrogen-bond acceptors (Lipinski definition) is 4. The van der Waals surface area contributed by atoms with E-state index in [1.807, 2.05) is 30.5 Å². The number of aromatic nitrogens is 1. The summed E-state index contributed by atoms with van der Waals surface area (Å²) in [5.41, 5.74) is 2.33. The summed E-state index contributed by atoms with van der Waals surface area (Å²) in [5.74, 6) is 1.02. The van der Waals surface area contributed by atoms with Crippen LogP contribution in [0.25, 0.3) is 0 Å². The summed E-state index contributed by atoms with van der Waals surface area (Å²) in [5, 5.41) is 11.7. The maximum Gasteiger partial charge on any atom is 0.123 e. The number of nitrogens with zero attached hydrogens (tertiary/aromatic N) is 2. The van der Waals surface area contributed by atoms with Gasteiger partial charge in [0.15, 0.2) is 0 Å². The molecule has 5 heteroatoms. The van der Waals surface area contributed by atoms with Crippen LogP contribution in [-0.2, 0) is 18.8 Å². The highest BCUT2D eigenvalue weighted by atomic mass is 19.1. The molecule has 2 aliphatic rings. The van der Waals surface area contributed by atoms with Crippen molar-refractivity contribution < 1.29 is 14.2 Å². The highest BCUT2D eigenvalue weighted by Crippen LogP contribution is 2.49. The van der Waals surface area contributed by atoms with Crippen LogP contribution in [-0.4, -0.2) is 28.1 Å². The number of hydrogen-bond donors (Lipinski definition) is 1. The summed E-state index contributed by atoms with van der Waals surface area (Å²) >= 11 is 0. The minimum absolute atomic E-state index is 0.220. The van der Waals surface area contributed by atoms with Crippen LogP contribution in [0.5, 0.6) is 5.75 Å². The number of benzene rings is 2. The van der Waals surface area contributed by atoms with Gasteiger partial charge in [-0.2, -0.15) is 0 Å². The Balaban J connectivity index is 1.25. The number of rotatable bonds is 6. The second kappa shape index (κ2) is 9.00. The largest absolute Gasteiger partial charge is 0.489 e. The van der Waals surface area contributed by atoms with Gasteiger partial charge in [-0.1, -0.05) is 36.8 Å². The molecule has 1 aliphatic carbocycles. The molecule has 2 aromatic carbocycles. The van der Waals surface area contributed by atoms with Crippen LogP contribution in [0.3, 0.4) is 0 Å². The van der Waals surface area contributed by atoms with E-state index in [1.54, 1.807) is 18.3 Å². The Kier molecular flexibility index (Phi) is 5.94. The molecule has 1 saturated carbocycles. The monoisotopic (exact) mass is 432 g/mol. The Bertz CT molecular complexity index is 1030. The normalized spacial score (nSPS) is 25.4. The van der Waals surface area contributed by atoms with Crippen molar-refractivity contribution in [1.82, 2.24) is 9.88 Å². The molecule has 0 unspecified atom stereocenters. The molecule has 32 heavy (non-hydrogen) atoms. The predicted octanol–water partition coefficient (Wildman–Crippen LogP) is 4.92. The molecule has 1 saturated heterocycles. The van der Waals surface area contributed by atoms with Crippen LogP contribution >= 0.6 is 0 Å². The number of aliphatic hydroxyl groups is 1. The molecule has 1 N–H and O–H groups in total. The van der Waals surface area contributed by atoms with Crippen molar-refractivity contribution >= 4 is 0 Å². The average molecular weight is 433 g/mol. The second-order valence-corrected chi connectivity index (χ2v) is 9.15. The zero-order valence-electron chi connectivity index (χ0n) is 18.2. The fourth-order valence-corrected chi connectivity index (χ4v) is 5.48. The molecule has 0 amide bonds. The van der Waals surface area contributed by atoms with Crippen LogP contribution in [0.1, 0.15) is 36.0 Å². The Hall–Kier alpha value is -2.76. The van der Waals surface area contributed by atoms with Gasteiger partial charge in [0.05, 0.1) is 5.60 Å². The zero-order valence-corrected chi connectivity index (χ0v) is 18.2. The minimum atomic E-state index is -0.775. The SMILES string of the molecule is OC1(c2cccnc2)[C@H]2CCC[C@H]1CN(Cc1cccc(OCc3ccc(F)cc3)c1)C2. The van der Waals surface area contributed by atoms with Gasteiger partial charge in [0.1, 0.15) is 18.2 Å². The standard InChI is InChI=1S/C27H29FN2O2/c28-25-11-9-20(10-12-25)19-32-26-8-1-4-21(14-26)16-30-17-23-5-2-6-24(18-30)27(23,31)22-7-3-13-29-15-22/h1,3-4,7-15,23-24,31H,2,5-6,16-19H2/t23-,24-/m0/s1. The van der Waals surface area contributed by atoms with Crippen LogP contribution in [0, 0.1) is 17.7 Å². The Morgan fingerprint density at radius 1 is 1.00 bits per heavy atom. The van der Waals surface area contributed by atoms with Gasteiger partial charge in [-0.3, -0.25) is 9.88 Å². The molecule has 2 fully saturated rings. The first-order valence-corrected chi connectivity index (χ1v) is 11.4. The lowest BCUT2D eigenvalue weighted by molar-refractivity contribution is -0.148. The molecule has 1 aromatic heterocycles. The lowest BCUT2D eigenvalue weighted by Gasteiger charge is -2.53. The van der Waals surface area contributed by atoms with Crippen molar-refractivity contribution in [2.24, 2.45) is 11.8 Å². The van der Waals surface area contributed by atoms with E-state index < -0.39 is 5.60 Å². The third kappa shape index (κ3) is 4.27. The Labute approximate surface area is 188 Å². The zero-order chi connectivity index (χ0) is 22.0. The minimum Gasteiger partial charge on any atom is -0.489 e. The predicted molar refractivity (Wildman–Crippen MR) is 121 cm³/mol. The van der Waals surface area contributed by atoms with Crippen LogP contribution in [0.2, 0.25) is 0 Å². The van der Waals surface area contributed by atoms with Gasteiger partial charge < -0.3 is 9.84 Å². The van der Waals surface area contributed by atoms with E-state index in [1.165, 1.54) is 24.1 Å². The first kappa shape index (κ1) is 21.1. The molecule has 1 aliphatic heterocycles. The quantitative estimate of drug-likeness (QED) is 0.601. The number of likely N-dealkylation sites (tertiary alicyclic amines) is 1. The summed E-state index contributed by atoms with van der Waals surface area (Å²) in [6, 6.07) is 18.5. The van der Waals surface area contributed by atoms with E-state index in [0.717, 1.165) is 49.4 Å². The number of ether oxygens (including phenoxy) is 1. The van der Waals surface area contributed by atoms with Gasteiger partial charge in [-0.15, -0.1) is 0 Å². The van der Waals surface area contributed by atoms with Crippen molar-refractivity contribution in [1.29, 1.82) is 0 Å². The molecular weight excluding hydrogens is 403 g/mol. The third-order valence-corrected chi connectivity index (χ3v) is 7.05. The molecule has 166 valence electrons. The number of fused-ring (bicyclic) bond motifs is 2. The van der Waals surface area contributed by atoms with Crippen molar-refractivity contribution in [3.8, 4) is 5.75 Å². The first-order valence-electron chi connectivity index (χ1n) is 11.4. The summed E-state index contributed by atoms with van der Waals surface area (Å²) in [4.78, 5) is 6.74. The molecule has 5 rings (SSSR count). The fourth-order valence-electron chi connectivity index (χ4n) is 5.48. The highest BCUT2D eigenvalue weighted by Gasteiger charge is 2.51. The first-order chi connectivity index (χ1) is 15.6. The van der Waals surface area contributed by atoms with Crippen LogP contribution in [0.4, 0.5) is 4.39 Å². The van der Waals surface area contributed by atoms with Gasteiger partial charge in [0.25, 0.3) is 0 Å². The summed E-state index contributed by atoms with van der Waals surface area (Å²) < 4.78 is 19.0. The highest BCUT2D eigenvalue weighted by molar-refractivity contribution is 5.30. The van der Waals surface area contributed by atoms with Crippen molar-refractivity contribution in [2.45, 2.75) is 38.0 Å². The maximum atomic E-state index is 13.1. The summed E-state index contributed by atoms with van der Waals surface area (Å²) in [6.45, 7) is 3.00. The number of halogens is 1. The smallest absolute Gasteiger partial charge is 0.123 e. The molecule has 0 spiro atoms. The molecule has 2 heterocycles. The van der Waals surface area contributed by atoms with Crippen LogP contribution in [0.15, 0.2) is 73.1 Å². The van der Waals surface area contributed by atoms with E-state index in [-0.39, 0.29) is 17.7 Å². The molecule has 4 nitrogen and oxygen atoms in total. The average Bonchev–Trinajstić information content (AvgIpc) is 2.80. The van der Waals surface area contributed by atoms with E-state index in [9.17, 15) is 9.50 Å². The van der Waals surface area contributed by atoms with Crippen molar-refractivity contribution in [3.63, 3.8) is 0 Å². The maximum absolute atomic E-state index is 13.1. The lowest BCUT2D eigenvalue weighted by atomic mass is 9.63. The summed E-state index contributed by atoms with van der Waals surface area (Å²) in [6.07, 6.45) is 6.86. The van der Waals surface area contributed by atoms with Crippen LogP contribution < -0.4 is 4.74 Å².